The molecular formula is C7H14ClNO2S. The van der Waals surface area contributed by atoms with Crippen LogP contribution in [0.2, 0.25) is 0 Å². The summed E-state index contributed by atoms with van der Waals surface area (Å²) in [7, 11) is -3.16. The minimum Gasteiger partial charge on any atom is -0.212 e. The smallest absolute Gasteiger partial charge is 0.212 e. The zero-order chi connectivity index (χ0) is 9.61. The van der Waals surface area contributed by atoms with Gasteiger partial charge in [0.15, 0.2) is 0 Å². The fourth-order valence-corrected chi connectivity index (χ4v) is 2.23. The number of rotatable bonds is 6. The average molecular weight is 212 g/mol. The van der Waals surface area contributed by atoms with Crippen molar-refractivity contribution in [3.05, 3.63) is 12.7 Å². The van der Waals surface area contributed by atoms with Crippen LogP contribution in [0.25, 0.3) is 0 Å². The maximum absolute atomic E-state index is 11.1. The van der Waals surface area contributed by atoms with E-state index in [9.17, 15) is 8.42 Å². The maximum Gasteiger partial charge on any atom is 0.212 e. The summed E-state index contributed by atoms with van der Waals surface area (Å²) in [6.07, 6.45) is 2.01. The van der Waals surface area contributed by atoms with Gasteiger partial charge in [-0.25, -0.2) is 13.1 Å². The third kappa shape index (κ3) is 5.57. The molecule has 0 amide bonds. The highest BCUT2D eigenvalue weighted by atomic mass is 35.5. The van der Waals surface area contributed by atoms with Crippen LogP contribution in [0.15, 0.2) is 12.7 Å². The highest BCUT2D eigenvalue weighted by Crippen LogP contribution is 1.94. The molecule has 1 N–H and O–H groups in total. The highest BCUT2D eigenvalue weighted by molar-refractivity contribution is 7.89. The second kappa shape index (κ2) is 5.56. The van der Waals surface area contributed by atoms with Crippen molar-refractivity contribution in [3.63, 3.8) is 0 Å². The number of hydrogen-bond donors (Lipinski definition) is 1. The standard InChI is InChI=1S/C7H14ClNO2S/c1-3-7(2)9-12(10,11)6-4-5-8/h3,7,9H,1,4-6H2,2H3. The molecule has 0 aromatic heterocycles. The molecule has 12 heavy (non-hydrogen) atoms. The first kappa shape index (κ1) is 11.9. The van der Waals surface area contributed by atoms with E-state index in [-0.39, 0.29) is 11.8 Å². The SMILES string of the molecule is C=CC(C)NS(=O)(=O)CCCCl. The molecule has 0 aromatic rings. The Bertz CT molecular complexity index is 226. The molecule has 0 saturated heterocycles. The zero-order valence-corrected chi connectivity index (χ0v) is 8.66. The van der Waals surface area contributed by atoms with Gasteiger partial charge in [0.05, 0.1) is 5.75 Å². The van der Waals surface area contributed by atoms with Crippen molar-refractivity contribution < 1.29 is 8.42 Å². The molecule has 0 radical (unpaired) electrons. The lowest BCUT2D eigenvalue weighted by atomic mass is 10.4. The fourth-order valence-electron chi connectivity index (χ4n) is 0.635. The van der Waals surface area contributed by atoms with E-state index in [0.717, 1.165) is 0 Å². The lowest BCUT2D eigenvalue weighted by Crippen LogP contribution is -2.33. The van der Waals surface area contributed by atoms with Gasteiger partial charge in [-0.1, -0.05) is 6.08 Å². The van der Waals surface area contributed by atoms with Crippen LogP contribution < -0.4 is 4.72 Å². The van der Waals surface area contributed by atoms with Gasteiger partial charge < -0.3 is 0 Å². The topological polar surface area (TPSA) is 46.2 Å². The first-order valence-electron chi connectivity index (χ1n) is 3.70. The predicted molar refractivity (Wildman–Crippen MR) is 51.9 cm³/mol. The van der Waals surface area contributed by atoms with Crippen molar-refractivity contribution in [2.24, 2.45) is 0 Å². The Balaban J connectivity index is 3.96. The second-order valence-corrected chi connectivity index (χ2v) is 4.76. The molecule has 0 saturated carbocycles. The summed E-state index contributed by atoms with van der Waals surface area (Å²) in [5.74, 6) is 0.443. The number of halogens is 1. The van der Waals surface area contributed by atoms with E-state index in [4.69, 9.17) is 11.6 Å². The van der Waals surface area contributed by atoms with Crippen LogP contribution in [0.1, 0.15) is 13.3 Å². The number of nitrogens with one attached hydrogen (secondary N) is 1. The van der Waals surface area contributed by atoms with Crippen molar-refractivity contribution >= 4 is 21.6 Å². The second-order valence-electron chi connectivity index (χ2n) is 2.50. The molecule has 0 rings (SSSR count). The maximum atomic E-state index is 11.1. The van der Waals surface area contributed by atoms with Crippen LogP contribution in [0, 0.1) is 0 Å². The molecule has 0 bridgehead atoms. The van der Waals surface area contributed by atoms with Crippen LogP contribution in [0.5, 0.6) is 0 Å². The molecule has 5 heteroatoms. The Hall–Kier alpha value is -0.0600. The van der Waals surface area contributed by atoms with Gasteiger partial charge in [-0.05, 0) is 13.3 Å². The quantitative estimate of drug-likeness (QED) is 0.529. The van der Waals surface area contributed by atoms with Crippen LogP contribution >= 0.6 is 11.6 Å². The molecule has 1 unspecified atom stereocenters. The monoisotopic (exact) mass is 211 g/mol. The van der Waals surface area contributed by atoms with Crippen LogP contribution in [0.3, 0.4) is 0 Å². The Labute approximate surface area is 78.9 Å². The third-order valence-electron chi connectivity index (χ3n) is 1.27. The van der Waals surface area contributed by atoms with Crippen molar-refractivity contribution in [2.75, 3.05) is 11.6 Å². The van der Waals surface area contributed by atoms with Gasteiger partial charge in [0, 0.05) is 11.9 Å². The number of sulfonamides is 1. The summed E-state index contributed by atoms with van der Waals surface area (Å²) in [5, 5.41) is 0. The Kier molecular flexibility index (Phi) is 5.53. The van der Waals surface area contributed by atoms with E-state index in [1.165, 1.54) is 6.08 Å². The highest BCUT2D eigenvalue weighted by Gasteiger charge is 2.10. The van der Waals surface area contributed by atoms with E-state index in [2.05, 4.69) is 11.3 Å². The summed E-state index contributed by atoms with van der Waals surface area (Å²) in [4.78, 5) is 0. The molecule has 1 atom stereocenters. The third-order valence-corrected chi connectivity index (χ3v) is 3.09. The van der Waals surface area contributed by atoms with Crippen molar-refractivity contribution in [1.82, 2.24) is 4.72 Å². The summed E-state index contributed by atoms with van der Waals surface area (Å²) < 4.78 is 24.7. The fraction of sp³-hybridized carbons (Fsp3) is 0.714. The lowest BCUT2D eigenvalue weighted by Gasteiger charge is -2.08. The van der Waals surface area contributed by atoms with Gasteiger partial charge in [-0.2, -0.15) is 0 Å². The summed E-state index contributed by atoms with van der Waals surface area (Å²) in [5.41, 5.74) is 0. The molecule has 0 spiro atoms. The zero-order valence-electron chi connectivity index (χ0n) is 7.09. The average Bonchev–Trinajstić information content (AvgIpc) is 2.00. The summed E-state index contributed by atoms with van der Waals surface area (Å²) >= 11 is 5.37. The minimum absolute atomic E-state index is 0.0781. The summed E-state index contributed by atoms with van der Waals surface area (Å²) in [6, 6.07) is -0.217. The normalized spacial score (nSPS) is 14.2. The first-order valence-corrected chi connectivity index (χ1v) is 5.89. The Morgan fingerprint density at radius 1 is 1.67 bits per heavy atom. The molecule has 0 heterocycles. The molecule has 0 aromatic carbocycles. The first-order chi connectivity index (χ1) is 5.52. The van der Waals surface area contributed by atoms with E-state index in [1.807, 2.05) is 0 Å². The van der Waals surface area contributed by atoms with Gasteiger partial charge in [0.2, 0.25) is 10.0 Å². The van der Waals surface area contributed by atoms with Gasteiger partial charge in [-0.3, -0.25) is 0 Å². The largest absolute Gasteiger partial charge is 0.212 e. The van der Waals surface area contributed by atoms with Gasteiger partial charge in [0.25, 0.3) is 0 Å². The van der Waals surface area contributed by atoms with Crippen molar-refractivity contribution in [2.45, 2.75) is 19.4 Å². The van der Waals surface area contributed by atoms with Crippen LogP contribution in [-0.4, -0.2) is 26.1 Å². The lowest BCUT2D eigenvalue weighted by molar-refractivity contribution is 0.575. The molecule has 0 aliphatic carbocycles. The van der Waals surface area contributed by atoms with E-state index >= 15 is 0 Å². The predicted octanol–water partition coefficient (Wildman–Crippen LogP) is 1.11. The molecular weight excluding hydrogens is 198 g/mol. The Morgan fingerprint density at radius 3 is 2.67 bits per heavy atom. The van der Waals surface area contributed by atoms with Gasteiger partial charge in [-0.15, -0.1) is 18.2 Å². The van der Waals surface area contributed by atoms with Crippen molar-refractivity contribution in [3.8, 4) is 0 Å². The molecule has 72 valence electrons. The van der Waals surface area contributed by atoms with Crippen LogP contribution in [-0.2, 0) is 10.0 Å². The van der Waals surface area contributed by atoms with Gasteiger partial charge in [0.1, 0.15) is 0 Å². The number of hydrogen-bond acceptors (Lipinski definition) is 2. The number of alkyl halides is 1. The van der Waals surface area contributed by atoms with E-state index in [1.54, 1.807) is 6.92 Å². The molecule has 0 aliphatic rings. The molecule has 0 fully saturated rings. The van der Waals surface area contributed by atoms with E-state index in [0.29, 0.717) is 12.3 Å². The molecule has 0 aliphatic heterocycles. The molecule has 3 nitrogen and oxygen atoms in total. The van der Waals surface area contributed by atoms with Crippen molar-refractivity contribution in [1.29, 1.82) is 0 Å². The van der Waals surface area contributed by atoms with Gasteiger partial charge >= 0.3 is 0 Å². The minimum atomic E-state index is -3.16. The van der Waals surface area contributed by atoms with E-state index < -0.39 is 10.0 Å². The Morgan fingerprint density at radius 2 is 2.25 bits per heavy atom. The van der Waals surface area contributed by atoms with Crippen LogP contribution in [0.4, 0.5) is 0 Å². The summed E-state index contributed by atoms with van der Waals surface area (Å²) in [6.45, 7) is 5.20.